The largest absolute Gasteiger partial charge is 0.357 e. The maximum atomic E-state index is 4.43. The molecule has 0 aliphatic rings. The summed E-state index contributed by atoms with van der Waals surface area (Å²) in [6.45, 7) is 2.74. The van der Waals surface area contributed by atoms with Crippen molar-refractivity contribution in [2.45, 2.75) is 13.3 Å². The van der Waals surface area contributed by atoms with Gasteiger partial charge in [-0.25, -0.2) is 4.98 Å². The van der Waals surface area contributed by atoms with Gasteiger partial charge in [-0.15, -0.1) is 11.3 Å². The van der Waals surface area contributed by atoms with Crippen molar-refractivity contribution in [1.29, 1.82) is 0 Å². The molecule has 0 aliphatic carbocycles. The first-order chi connectivity index (χ1) is 9.58. The number of aromatic nitrogens is 4. The van der Waals surface area contributed by atoms with Crippen LogP contribution in [0.5, 0.6) is 0 Å². The fourth-order valence-corrected chi connectivity index (χ4v) is 2.33. The molecule has 0 saturated carbocycles. The summed E-state index contributed by atoms with van der Waals surface area (Å²) < 4.78 is 0. The second kappa shape index (κ2) is 6.47. The highest BCUT2D eigenvalue weighted by Crippen LogP contribution is 2.12. The smallest absolute Gasteiger partial charge is 0.231 e. The van der Waals surface area contributed by atoms with E-state index in [-0.39, 0.29) is 0 Å². The Labute approximate surface area is 122 Å². The number of nitrogens with one attached hydrogen (secondary N) is 2. The third-order valence-corrected chi connectivity index (χ3v) is 3.56. The maximum absolute atomic E-state index is 4.43. The van der Waals surface area contributed by atoms with Gasteiger partial charge in [0.15, 0.2) is 0 Å². The molecule has 0 fully saturated rings. The van der Waals surface area contributed by atoms with Gasteiger partial charge in [0.1, 0.15) is 0 Å². The molecule has 0 spiro atoms. The van der Waals surface area contributed by atoms with Crippen LogP contribution in [0.3, 0.4) is 0 Å². The van der Waals surface area contributed by atoms with E-state index in [9.17, 15) is 0 Å². The van der Waals surface area contributed by atoms with Crippen LogP contribution >= 0.6 is 11.3 Å². The molecule has 0 radical (unpaired) electrons. The third-order valence-electron chi connectivity index (χ3n) is 2.54. The van der Waals surface area contributed by atoms with Crippen molar-refractivity contribution >= 4 is 29.2 Å². The van der Waals surface area contributed by atoms with Gasteiger partial charge in [0.2, 0.25) is 17.8 Å². The Morgan fingerprint density at radius 1 is 1.15 bits per heavy atom. The zero-order chi connectivity index (χ0) is 14.5. The van der Waals surface area contributed by atoms with Crippen LogP contribution in [0.4, 0.5) is 17.8 Å². The van der Waals surface area contributed by atoms with Gasteiger partial charge in [-0.3, -0.25) is 0 Å². The lowest BCUT2D eigenvalue weighted by atomic mass is 10.4. The minimum absolute atomic E-state index is 0.552. The van der Waals surface area contributed by atoms with Crippen molar-refractivity contribution < 1.29 is 0 Å². The molecular weight excluding hydrogens is 274 g/mol. The number of nitrogens with zero attached hydrogens (tertiary/aromatic N) is 5. The van der Waals surface area contributed by atoms with Crippen molar-refractivity contribution in [3.8, 4) is 0 Å². The molecule has 0 aromatic carbocycles. The van der Waals surface area contributed by atoms with Gasteiger partial charge in [0.25, 0.3) is 0 Å². The van der Waals surface area contributed by atoms with Crippen molar-refractivity contribution in [3.63, 3.8) is 0 Å². The van der Waals surface area contributed by atoms with Crippen LogP contribution in [-0.4, -0.2) is 47.6 Å². The van der Waals surface area contributed by atoms with Crippen molar-refractivity contribution in [1.82, 2.24) is 19.9 Å². The van der Waals surface area contributed by atoms with Gasteiger partial charge in [0, 0.05) is 45.2 Å². The second-order valence-electron chi connectivity index (χ2n) is 4.49. The summed E-state index contributed by atoms with van der Waals surface area (Å²) in [5, 5.41) is 9.32. The molecule has 0 bridgehead atoms. The van der Waals surface area contributed by atoms with E-state index in [4.69, 9.17) is 0 Å². The number of hydrogen-bond donors (Lipinski definition) is 2. The van der Waals surface area contributed by atoms with Crippen LogP contribution in [0.25, 0.3) is 0 Å². The summed E-state index contributed by atoms with van der Waals surface area (Å²) in [4.78, 5) is 19.2. The zero-order valence-corrected chi connectivity index (χ0v) is 13.0. The standard InChI is InChI=1S/C12H19N7S/c1-8-7-20-9(15-8)5-6-14-11-16-10(13-2)17-12(18-11)19(3)4/h7H,5-6H2,1-4H3,(H2,13,14,16,17,18). The molecule has 2 rings (SSSR count). The van der Waals surface area contributed by atoms with Crippen molar-refractivity contribution in [2.75, 3.05) is 43.2 Å². The fraction of sp³-hybridized carbons (Fsp3) is 0.500. The lowest BCUT2D eigenvalue weighted by Crippen LogP contribution is -2.17. The van der Waals surface area contributed by atoms with Crippen LogP contribution in [0, 0.1) is 6.92 Å². The van der Waals surface area contributed by atoms with E-state index in [0.29, 0.717) is 17.8 Å². The first-order valence-corrected chi connectivity index (χ1v) is 7.22. The van der Waals surface area contributed by atoms with Crippen LogP contribution in [0.15, 0.2) is 5.38 Å². The quantitative estimate of drug-likeness (QED) is 0.833. The topological polar surface area (TPSA) is 78.9 Å². The molecule has 2 N–H and O–H groups in total. The summed E-state index contributed by atoms with van der Waals surface area (Å²) in [6, 6.07) is 0. The molecule has 0 saturated heterocycles. The predicted molar refractivity (Wildman–Crippen MR) is 82.7 cm³/mol. The van der Waals surface area contributed by atoms with E-state index in [1.54, 1.807) is 18.4 Å². The van der Waals surface area contributed by atoms with Crippen LogP contribution in [-0.2, 0) is 6.42 Å². The number of anilines is 3. The highest BCUT2D eigenvalue weighted by Gasteiger charge is 2.07. The molecule has 0 amide bonds. The average molecular weight is 293 g/mol. The Balaban J connectivity index is 1.99. The van der Waals surface area contributed by atoms with Crippen LogP contribution in [0.1, 0.15) is 10.7 Å². The minimum Gasteiger partial charge on any atom is -0.357 e. The van der Waals surface area contributed by atoms with E-state index < -0.39 is 0 Å². The number of thiazole rings is 1. The van der Waals surface area contributed by atoms with Gasteiger partial charge in [-0.05, 0) is 6.92 Å². The second-order valence-corrected chi connectivity index (χ2v) is 5.43. The van der Waals surface area contributed by atoms with Gasteiger partial charge < -0.3 is 15.5 Å². The Morgan fingerprint density at radius 2 is 1.90 bits per heavy atom. The molecular formula is C12H19N7S. The summed E-state index contributed by atoms with van der Waals surface area (Å²) in [6.07, 6.45) is 0.858. The highest BCUT2D eigenvalue weighted by atomic mass is 32.1. The summed E-state index contributed by atoms with van der Waals surface area (Å²) >= 11 is 1.68. The van der Waals surface area contributed by atoms with Crippen molar-refractivity contribution in [2.24, 2.45) is 0 Å². The maximum Gasteiger partial charge on any atom is 0.231 e. The van der Waals surface area contributed by atoms with E-state index in [1.807, 2.05) is 25.9 Å². The van der Waals surface area contributed by atoms with Gasteiger partial charge in [-0.2, -0.15) is 15.0 Å². The summed E-state index contributed by atoms with van der Waals surface area (Å²) in [5.41, 5.74) is 1.07. The summed E-state index contributed by atoms with van der Waals surface area (Å²) in [5.74, 6) is 1.74. The van der Waals surface area contributed by atoms with Crippen LogP contribution in [0.2, 0.25) is 0 Å². The summed E-state index contributed by atoms with van der Waals surface area (Å²) in [7, 11) is 5.59. The molecule has 2 heterocycles. The number of hydrogen-bond acceptors (Lipinski definition) is 8. The normalized spacial score (nSPS) is 10.4. The number of aryl methyl sites for hydroxylation is 1. The molecule has 2 aromatic heterocycles. The molecule has 0 aliphatic heterocycles. The molecule has 2 aromatic rings. The first kappa shape index (κ1) is 14.4. The Hall–Kier alpha value is -1.96. The lowest BCUT2D eigenvalue weighted by molar-refractivity contribution is 0.924. The molecule has 7 nitrogen and oxygen atoms in total. The Bertz CT molecular complexity index is 567. The third kappa shape index (κ3) is 3.77. The van der Waals surface area contributed by atoms with E-state index in [2.05, 4.69) is 35.9 Å². The van der Waals surface area contributed by atoms with Crippen LogP contribution < -0.4 is 15.5 Å². The first-order valence-electron chi connectivity index (χ1n) is 6.34. The van der Waals surface area contributed by atoms with E-state index >= 15 is 0 Å². The fourth-order valence-electron chi connectivity index (χ4n) is 1.55. The molecule has 8 heteroatoms. The molecule has 0 unspecified atom stereocenters. The van der Waals surface area contributed by atoms with Gasteiger partial charge >= 0.3 is 0 Å². The molecule has 108 valence electrons. The highest BCUT2D eigenvalue weighted by molar-refractivity contribution is 7.09. The number of rotatable bonds is 6. The SMILES string of the molecule is CNc1nc(NCCc2nc(C)cs2)nc(N(C)C)n1. The lowest BCUT2D eigenvalue weighted by Gasteiger charge is -2.13. The molecule has 20 heavy (non-hydrogen) atoms. The minimum atomic E-state index is 0.552. The Morgan fingerprint density at radius 3 is 2.50 bits per heavy atom. The monoisotopic (exact) mass is 293 g/mol. The van der Waals surface area contributed by atoms with Gasteiger partial charge in [0.05, 0.1) is 5.01 Å². The van der Waals surface area contributed by atoms with Gasteiger partial charge in [-0.1, -0.05) is 0 Å². The predicted octanol–water partition coefficient (Wildman–Crippen LogP) is 1.40. The van der Waals surface area contributed by atoms with Crippen molar-refractivity contribution in [3.05, 3.63) is 16.1 Å². The van der Waals surface area contributed by atoms with E-state index in [1.165, 1.54) is 0 Å². The zero-order valence-electron chi connectivity index (χ0n) is 12.1. The van der Waals surface area contributed by atoms with E-state index in [0.717, 1.165) is 23.7 Å². The average Bonchev–Trinajstić information content (AvgIpc) is 2.84. The molecule has 0 atom stereocenters. The Kier molecular flexibility index (Phi) is 4.67.